The van der Waals surface area contributed by atoms with E-state index in [9.17, 15) is 4.79 Å². The molecule has 0 aliphatic heterocycles. The largest absolute Gasteiger partial charge is 0.472 e. The zero-order valence-corrected chi connectivity index (χ0v) is 23.5. The molecule has 8 heteroatoms. The van der Waals surface area contributed by atoms with E-state index in [-0.39, 0.29) is 12.0 Å². The molecular formula is C29H33BrN4O3. The van der Waals surface area contributed by atoms with Crippen molar-refractivity contribution in [2.75, 3.05) is 18.6 Å². The number of hydrogen-bond acceptors (Lipinski definition) is 5. The molecule has 2 heterocycles. The molecule has 1 aromatic carbocycles. The number of anilines is 2. The molecule has 0 bridgehead atoms. The molecule has 2 saturated carbocycles. The van der Waals surface area contributed by atoms with Gasteiger partial charge in [0.1, 0.15) is 11.9 Å². The van der Waals surface area contributed by atoms with Crippen molar-refractivity contribution in [1.29, 1.82) is 0 Å². The third-order valence-corrected chi connectivity index (χ3v) is 8.15. The van der Waals surface area contributed by atoms with Crippen LogP contribution in [0.3, 0.4) is 0 Å². The number of methoxy groups -OCH3 is 1. The summed E-state index contributed by atoms with van der Waals surface area (Å²) < 4.78 is 14.6. The smallest absolute Gasteiger partial charge is 0.308 e. The number of rotatable bonds is 7. The van der Waals surface area contributed by atoms with E-state index in [1.54, 1.807) is 23.6 Å². The average Bonchev–Trinajstić information content (AvgIpc) is 3.67. The molecule has 7 nitrogen and oxygen atoms in total. The molecule has 2 unspecified atom stereocenters. The first kappa shape index (κ1) is 25.7. The van der Waals surface area contributed by atoms with Crippen LogP contribution in [0, 0.1) is 24.7 Å². The van der Waals surface area contributed by atoms with Crippen LogP contribution in [0.15, 0.2) is 28.7 Å². The van der Waals surface area contributed by atoms with Crippen LogP contribution in [0.25, 0.3) is 11.0 Å². The van der Waals surface area contributed by atoms with E-state index in [2.05, 4.69) is 45.0 Å². The first-order valence-corrected chi connectivity index (χ1v) is 13.7. The van der Waals surface area contributed by atoms with Gasteiger partial charge < -0.3 is 9.47 Å². The van der Waals surface area contributed by atoms with Crippen LogP contribution < -0.4 is 9.64 Å². The minimum atomic E-state index is -0.306. The monoisotopic (exact) mass is 564 g/mol. The lowest BCUT2D eigenvalue weighted by Gasteiger charge is -2.28. The number of aromatic nitrogens is 3. The lowest BCUT2D eigenvalue weighted by Crippen LogP contribution is -2.28. The number of carbonyl (C=O) groups excluding carboxylic acids is 1. The normalized spacial score (nSPS) is 19.4. The summed E-state index contributed by atoms with van der Waals surface area (Å²) in [5.74, 6) is 7.14. The Morgan fingerprint density at radius 1 is 1.24 bits per heavy atom. The van der Waals surface area contributed by atoms with Gasteiger partial charge in [0.05, 0.1) is 11.2 Å². The first-order chi connectivity index (χ1) is 17.9. The van der Waals surface area contributed by atoms with Crippen LogP contribution in [-0.4, -0.2) is 40.5 Å². The van der Waals surface area contributed by atoms with Gasteiger partial charge in [-0.3, -0.25) is 14.4 Å². The molecule has 37 heavy (non-hydrogen) atoms. The second-order valence-electron chi connectivity index (χ2n) is 10.1. The van der Waals surface area contributed by atoms with E-state index in [1.165, 1.54) is 0 Å². The van der Waals surface area contributed by atoms with Gasteiger partial charge in [-0.25, -0.2) is 4.98 Å². The van der Waals surface area contributed by atoms with Gasteiger partial charge in [0.15, 0.2) is 5.52 Å². The van der Waals surface area contributed by atoms with Crippen LogP contribution in [0.4, 0.5) is 11.5 Å². The van der Waals surface area contributed by atoms with E-state index in [1.807, 2.05) is 26.1 Å². The summed E-state index contributed by atoms with van der Waals surface area (Å²) in [5, 5.41) is 4.65. The highest BCUT2D eigenvalue weighted by atomic mass is 79.9. The van der Waals surface area contributed by atoms with E-state index in [4.69, 9.17) is 14.5 Å². The fourth-order valence-corrected chi connectivity index (χ4v) is 5.65. The lowest BCUT2D eigenvalue weighted by atomic mass is 9.88. The molecule has 0 spiro atoms. The van der Waals surface area contributed by atoms with Crippen LogP contribution in [0.1, 0.15) is 62.5 Å². The maximum Gasteiger partial charge on any atom is 0.308 e. The molecule has 194 valence electrons. The Labute approximate surface area is 226 Å². The molecular weight excluding hydrogens is 532 g/mol. The summed E-state index contributed by atoms with van der Waals surface area (Å²) in [6.07, 6.45) is 6.47. The van der Waals surface area contributed by atoms with E-state index >= 15 is 0 Å². The van der Waals surface area contributed by atoms with Gasteiger partial charge >= 0.3 is 5.91 Å². The average molecular weight is 566 g/mol. The summed E-state index contributed by atoms with van der Waals surface area (Å²) in [6, 6.07) is 8.01. The number of fused-ring (bicyclic) bond motifs is 1. The summed E-state index contributed by atoms with van der Waals surface area (Å²) in [6.45, 7) is 4.45. The first-order valence-electron chi connectivity index (χ1n) is 13.0. The van der Waals surface area contributed by atoms with Crippen molar-refractivity contribution < 1.29 is 14.3 Å². The van der Waals surface area contributed by atoms with E-state index in [0.29, 0.717) is 29.1 Å². The second kappa shape index (κ2) is 10.8. The van der Waals surface area contributed by atoms with Crippen molar-refractivity contribution >= 4 is 44.4 Å². The predicted molar refractivity (Wildman–Crippen MR) is 148 cm³/mol. The van der Waals surface area contributed by atoms with Crippen molar-refractivity contribution in [1.82, 2.24) is 14.8 Å². The van der Waals surface area contributed by atoms with Crippen LogP contribution in [0.5, 0.6) is 5.88 Å². The van der Waals surface area contributed by atoms with Gasteiger partial charge in [-0.05, 0) is 106 Å². The van der Waals surface area contributed by atoms with Crippen molar-refractivity contribution in [2.45, 2.75) is 64.4 Å². The van der Waals surface area contributed by atoms with Crippen molar-refractivity contribution in [3.8, 4) is 17.7 Å². The Balaban J connectivity index is 1.56. The minimum absolute atomic E-state index is 0.0664. The fraction of sp³-hybridized carbons (Fsp3) is 0.483. The Morgan fingerprint density at radius 3 is 2.78 bits per heavy atom. The maximum atomic E-state index is 13.4. The summed E-state index contributed by atoms with van der Waals surface area (Å²) in [4.78, 5) is 20.0. The standard InChI is InChI=1S/C29H33BrN4O3/c1-5-7-27(35)34(25-14-18(2)23(30)16-22(25)20-10-11-20)26-13-12-24-28(31-26)29(32-33(24)3)37-21-9-6-8-19(15-21)17-36-4/h12-14,16,19-21H,6,8-11,15,17H2,1-4H3. The number of pyridine rings is 1. The summed E-state index contributed by atoms with van der Waals surface area (Å²) in [7, 11) is 3.64. The van der Waals surface area contributed by atoms with E-state index in [0.717, 1.165) is 71.9 Å². The number of nitrogens with zero attached hydrogens (tertiary/aromatic N) is 4. The minimum Gasteiger partial charge on any atom is -0.472 e. The number of aryl methyl sites for hydroxylation is 2. The Bertz CT molecular complexity index is 1380. The van der Waals surface area contributed by atoms with Crippen LogP contribution in [0.2, 0.25) is 0 Å². The number of halogens is 1. The van der Waals surface area contributed by atoms with Gasteiger partial charge in [-0.2, -0.15) is 0 Å². The third-order valence-electron chi connectivity index (χ3n) is 7.30. The highest BCUT2D eigenvalue weighted by Gasteiger charge is 2.32. The molecule has 2 aromatic heterocycles. The quantitative estimate of drug-likeness (QED) is 0.320. The summed E-state index contributed by atoms with van der Waals surface area (Å²) in [5.41, 5.74) is 4.53. The van der Waals surface area contributed by atoms with Crippen molar-refractivity contribution in [3.05, 3.63) is 39.9 Å². The number of ether oxygens (including phenoxy) is 2. The number of benzene rings is 1. The molecule has 2 aliphatic rings. The molecule has 5 rings (SSSR count). The Hall–Kier alpha value is -2.89. The van der Waals surface area contributed by atoms with Gasteiger partial charge in [0, 0.05) is 25.2 Å². The molecule has 0 N–H and O–H groups in total. The topological polar surface area (TPSA) is 69.5 Å². The number of hydrogen-bond donors (Lipinski definition) is 0. The number of carbonyl (C=O) groups is 1. The molecule has 1 amide bonds. The molecule has 0 radical (unpaired) electrons. The van der Waals surface area contributed by atoms with E-state index < -0.39 is 0 Å². The highest BCUT2D eigenvalue weighted by molar-refractivity contribution is 9.10. The number of amides is 1. The van der Waals surface area contributed by atoms with Crippen LogP contribution >= 0.6 is 15.9 Å². The summed E-state index contributed by atoms with van der Waals surface area (Å²) >= 11 is 3.67. The van der Waals surface area contributed by atoms with Gasteiger partial charge in [-0.15, -0.1) is 5.10 Å². The van der Waals surface area contributed by atoms with Crippen molar-refractivity contribution in [2.24, 2.45) is 13.0 Å². The van der Waals surface area contributed by atoms with Crippen molar-refractivity contribution in [3.63, 3.8) is 0 Å². The predicted octanol–water partition coefficient (Wildman–Crippen LogP) is 6.19. The zero-order chi connectivity index (χ0) is 26.1. The molecule has 0 saturated heterocycles. The van der Waals surface area contributed by atoms with Gasteiger partial charge in [0.25, 0.3) is 5.88 Å². The Morgan fingerprint density at radius 2 is 2.05 bits per heavy atom. The van der Waals surface area contributed by atoms with Crippen LogP contribution in [-0.2, 0) is 16.6 Å². The fourth-order valence-electron chi connectivity index (χ4n) is 5.29. The zero-order valence-electron chi connectivity index (χ0n) is 21.9. The van der Waals surface area contributed by atoms with Gasteiger partial charge in [-0.1, -0.05) is 21.9 Å². The molecule has 2 atom stereocenters. The SMILES string of the molecule is CC#CC(=O)N(c1ccc2c(n1)c(OC1CCCC(COC)C1)nn2C)c1cc(C)c(Br)cc1C1CC1. The maximum absolute atomic E-state index is 13.4. The molecule has 2 fully saturated rings. The highest BCUT2D eigenvalue weighted by Crippen LogP contribution is 2.47. The Kier molecular flexibility index (Phi) is 7.55. The lowest BCUT2D eigenvalue weighted by molar-refractivity contribution is -0.112. The molecule has 3 aromatic rings. The molecule has 2 aliphatic carbocycles. The van der Waals surface area contributed by atoms with Gasteiger partial charge in [0.2, 0.25) is 0 Å². The third kappa shape index (κ3) is 5.39. The second-order valence-corrected chi connectivity index (χ2v) is 11.0.